The van der Waals surface area contributed by atoms with Gasteiger partial charge in [-0.2, -0.15) is 10.4 Å². The lowest BCUT2D eigenvalue weighted by atomic mass is 9.77. The van der Waals surface area contributed by atoms with Gasteiger partial charge < -0.3 is 10.3 Å². The molecule has 0 radical (unpaired) electrons. The minimum atomic E-state index is -0.788. The van der Waals surface area contributed by atoms with Gasteiger partial charge in [-0.15, -0.1) is 0 Å². The van der Waals surface area contributed by atoms with Gasteiger partial charge in [0.1, 0.15) is 28.6 Å². The van der Waals surface area contributed by atoms with E-state index in [-0.39, 0.29) is 32.9 Å². The molecule has 7 nitrogen and oxygen atoms in total. The van der Waals surface area contributed by atoms with Gasteiger partial charge >= 0.3 is 0 Å². The Labute approximate surface area is 274 Å². The Morgan fingerprint density at radius 2 is 1.47 bits per heavy atom. The van der Waals surface area contributed by atoms with E-state index in [4.69, 9.17) is 22.3 Å². The molecule has 47 heavy (non-hydrogen) atoms. The largest absolute Gasteiger partial charge is 0.398 e. The molecule has 0 bridgehead atoms. The monoisotopic (exact) mass is 636 g/mol. The molecule has 0 amide bonds. The van der Waals surface area contributed by atoms with Gasteiger partial charge in [0.15, 0.2) is 5.78 Å². The number of ketones is 1. The molecule has 0 fully saturated rings. The van der Waals surface area contributed by atoms with Crippen LogP contribution in [0.1, 0.15) is 38.2 Å². The van der Waals surface area contributed by atoms with Crippen molar-refractivity contribution in [2.45, 2.75) is 5.54 Å². The smallest absolute Gasteiger partial charge is 0.198 e. The summed E-state index contributed by atoms with van der Waals surface area (Å²) in [6.07, 6.45) is 3.75. The first-order valence-electron chi connectivity index (χ1n) is 14.7. The van der Waals surface area contributed by atoms with Crippen molar-refractivity contribution in [1.82, 2.24) is 19.3 Å². The Bertz CT molecular complexity index is 2230. The van der Waals surface area contributed by atoms with E-state index in [2.05, 4.69) is 52.1 Å². The number of aromatic nitrogens is 4. The molecule has 0 atom stereocenters. The van der Waals surface area contributed by atoms with Crippen LogP contribution in [0.5, 0.6) is 0 Å². The number of halogens is 2. The first-order valence-corrected chi connectivity index (χ1v) is 15.1. The average Bonchev–Trinajstić information content (AvgIpc) is 3.70. The maximum absolute atomic E-state index is 14.1. The van der Waals surface area contributed by atoms with Crippen LogP contribution in [0.4, 0.5) is 10.1 Å². The number of aryl methyl sites for hydroxylation is 1. The van der Waals surface area contributed by atoms with Crippen molar-refractivity contribution in [2.75, 3.05) is 5.73 Å². The number of hydrogen-bond acceptors (Lipinski definition) is 5. The number of nitrogens with two attached hydrogens (primary N) is 1. The summed E-state index contributed by atoms with van der Waals surface area (Å²) in [6.45, 7) is 0. The van der Waals surface area contributed by atoms with Gasteiger partial charge in [0, 0.05) is 29.9 Å². The van der Waals surface area contributed by atoms with Crippen molar-refractivity contribution in [3.63, 3.8) is 0 Å². The maximum Gasteiger partial charge on any atom is 0.198 e. The van der Waals surface area contributed by atoms with Crippen LogP contribution in [-0.4, -0.2) is 25.1 Å². The van der Waals surface area contributed by atoms with Crippen molar-refractivity contribution >= 4 is 34.0 Å². The van der Waals surface area contributed by atoms with Gasteiger partial charge in [0.25, 0.3) is 0 Å². The third kappa shape index (κ3) is 4.76. The standard InChI is InChI=1S/C38H26ClFN6O/c1-45-36(29-20-32(42)34(30(21-41)35(29)44-45)37(47)28-19-27(40)17-18-31(28)39)33-22-46(23-43-33)38(24-11-5-2-6-12-24,25-13-7-3-8-14-25)26-15-9-4-10-16-26/h2-20,22-23H,42H2,1H3. The second-order valence-corrected chi connectivity index (χ2v) is 11.5. The van der Waals surface area contributed by atoms with Crippen molar-refractivity contribution < 1.29 is 9.18 Å². The molecule has 0 saturated heterocycles. The van der Waals surface area contributed by atoms with E-state index in [0.29, 0.717) is 16.8 Å². The Balaban J connectivity index is 1.45. The molecule has 5 aromatic carbocycles. The molecule has 0 aliphatic rings. The number of anilines is 1. The van der Waals surface area contributed by atoms with Gasteiger partial charge in [0.05, 0.1) is 28.2 Å². The number of rotatable bonds is 7. The molecule has 0 aliphatic heterocycles. The molecule has 7 aromatic rings. The third-order valence-electron chi connectivity index (χ3n) is 8.46. The van der Waals surface area contributed by atoms with Gasteiger partial charge in [0.2, 0.25) is 0 Å². The second kappa shape index (κ2) is 11.7. The number of nitrogens with zero attached hydrogens (tertiary/aromatic N) is 5. The van der Waals surface area contributed by atoms with Crippen LogP contribution in [0.25, 0.3) is 22.3 Å². The van der Waals surface area contributed by atoms with Gasteiger partial charge in [-0.25, -0.2) is 9.37 Å². The highest BCUT2D eigenvalue weighted by molar-refractivity contribution is 6.35. The third-order valence-corrected chi connectivity index (χ3v) is 8.79. The summed E-state index contributed by atoms with van der Waals surface area (Å²) < 4.78 is 17.8. The Kier molecular flexibility index (Phi) is 7.39. The summed E-state index contributed by atoms with van der Waals surface area (Å²) in [5, 5.41) is 15.5. The lowest BCUT2D eigenvalue weighted by molar-refractivity contribution is 0.103. The number of carbonyl (C=O) groups is 1. The van der Waals surface area contributed by atoms with Crippen molar-refractivity contribution in [3.8, 4) is 17.5 Å². The summed E-state index contributed by atoms with van der Waals surface area (Å²) in [5.41, 5.74) is 10.1. The summed E-state index contributed by atoms with van der Waals surface area (Å²) in [5.74, 6) is -1.30. The van der Waals surface area contributed by atoms with Gasteiger partial charge in [-0.3, -0.25) is 9.48 Å². The summed E-state index contributed by atoms with van der Waals surface area (Å²) in [4.78, 5) is 18.5. The van der Waals surface area contributed by atoms with E-state index in [1.165, 1.54) is 6.07 Å². The molecule has 2 aromatic heterocycles. The van der Waals surface area contributed by atoms with Gasteiger partial charge in [-0.1, -0.05) is 103 Å². The number of carbonyl (C=O) groups excluding carboxylic acids is 1. The number of hydrogen-bond donors (Lipinski definition) is 1. The molecule has 9 heteroatoms. The average molecular weight is 637 g/mol. The lowest BCUT2D eigenvalue weighted by Crippen LogP contribution is -2.36. The molecule has 0 unspecified atom stereocenters. The Hall–Kier alpha value is -6.04. The van der Waals surface area contributed by atoms with Crippen molar-refractivity contribution in [2.24, 2.45) is 7.05 Å². The molecule has 0 spiro atoms. The SMILES string of the molecule is Cn1nc2c(C#N)c(C(=O)c3cc(F)ccc3Cl)c(N)cc2c1-c1cn(C(c2ccccc2)(c2ccccc2)c2ccccc2)cn1. The van der Waals surface area contributed by atoms with Crippen LogP contribution < -0.4 is 5.73 Å². The second-order valence-electron chi connectivity index (χ2n) is 11.1. The van der Waals surface area contributed by atoms with E-state index in [1.807, 2.05) is 60.8 Å². The van der Waals surface area contributed by atoms with Crippen LogP contribution in [0, 0.1) is 17.1 Å². The molecular formula is C38H26ClFN6O. The predicted molar refractivity (Wildman–Crippen MR) is 181 cm³/mol. The van der Waals surface area contributed by atoms with Crippen LogP contribution >= 0.6 is 11.6 Å². The highest BCUT2D eigenvalue weighted by Crippen LogP contribution is 2.42. The normalized spacial score (nSPS) is 11.4. The number of nitrogen functional groups attached to an aromatic ring is 1. The lowest BCUT2D eigenvalue weighted by Gasteiger charge is -2.37. The molecule has 2 N–H and O–H groups in total. The van der Waals surface area contributed by atoms with Crippen LogP contribution in [0.3, 0.4) is 0 Å². The predicted octanol–water partition coefficient (Wildman–Crippen LogP) is 7.75. The Morgan fingerprint density at radius 3 is 2.02 bits per heavy atom. The fraction of sp³-hybridized carbons (Fsp3) is 0.0526. The zero-order valence-corrected chi connectivity index (χ0v) is 25.9. The van der Waals surface area contributed by atoms with Crippen LogP contribution in [-0.2, 0) is 12.6 Å². The topological polar surface area (TPSA) is 103 Å². The molecule has 0 saturated carbocycles. The summed E-state index contributed by atoms with van der Waals surface area (Å²) >= 11 is 6.25. The van der Waals surface area contributed by atoms with Gasteiger partial charge in [-0.05, 0) is 41.0 Å². The van der Waals surface area contributed by atoms with E-state index < -0.39 is 17.1 Å². The van der Waals surface area contributed by atoms with Crippen LogP contribution in [0.15, 0.2) is 128 Å². The molecule has 7 rings (SSSR count). The zero-order chi connectivity index (χ0) is 32.7. The zero-order valence-electron chi connectivity index (χ0n) is 25.1. The molecule has 228 valence electrons. The van der Waals surface area contributed by atoms with E-state index >= 15 is 0 Å². The highest BCUT2D eigenvalue weighted by atomic mass is 35.5. The fourth-order valence-corrected chi connectivity index (χ4v) is 6.63. The maximum atomic E-state index is 14.1. The van der Waals surface area contributed by atoms with E-state index in [9.17, 15) is 14.4 Å². The van der Waals surface area contributed by atoms with E-state index in [0.717, 1.165) is 28.8 Å². The number of benzene rings is 5. The molecular weight excluding hydrogens is 611 g/mol. The van der Waals surface area contributed by atoms with Crippen LogP contribution in [0.2, 0.25) is 5.02 Å². The fourth-order valence-electron chi connectivity index (χ4n) is 6.43. The first-order chi connectivity index (χ1) is 22.8. The minimum absolute atomic E-state index is 0.0289. The number of nitriles is 1. The van der Waals surface area contributed by atoms with Crippen molar-refractivity contribution in [3.05, 3.63) is 172 Å². The Morgan fingerprint density at radius 1 is 0.894 bits per heavy atom. The number of fused-ring (bicyclic) bond motifs is 1. The highest BCUT2D eigenvalue weighted by Gasteiger charge is 2.39. The summed E-state index contributed by atoms with van der Waals surface area (Å²) in [7, 11) is 1.75. The quantitative estimate of drug-likeness (QED) is 0.109. The van der Waals surface area contributed by atoms with E-state index in [1.54, 1.807) is 24.1 Å². The summed E-state index contributed by atoms with van der Waals surface area (Å²) in [6, 6.07) is 37.9. The van der Waals surface area contributed by atoms with Crippen molar-refractivity contribution in [1.29, 1.82) is 5.26 Å². The molecule has 0 aliphatic carbocycles. The minimum Gasteiger partial charge on any atom is -0.398 e. The molecule has 2 heterocycles. The number of imidazole rings is 1. The first kappa shape index (κ1) is 29.7.